The number of benzene rings is 1. The lowest BCUT2D eigenvalue weighted by Gasteiger charge is -2.12. The molecule has 0 unspecified atom stereocenters. The van der Waals surface area contributed by atoms with Crippen LogP contribution in [-0.2, 0) is 6.54 Å². The van der Waals surface area contributed by atoms with Crippen LogP contribution in [0.4, 0.5) is 0 Å². The molecule has 1 aromatic heterocycles. The third-order valence-corrected chi connectivity index (χ3v) is 3.36. The summed E-state index contributed by atoms with van der Waals surface area (Å²) in [6, 6.07) is 8.53. The van der Waals surface area contributed by atoms with Crippen LogP contribution in [0.25, 0.3) is 0 Å². The number of pyridine rings is 1. The highest BCUT2D eigenvalue weighted by Crippen LogP contribution is 2.25. The van der Waals surface area contributed by atoms with Crippen LogP contribution in [0, 0.1) is 6.92 Å². The molecule has 0 spiro atoms. The Morgan fingerprint density at radius 1 is 1.20 bits per heavy atom. The Balaban J connectivity index is 2.09. The second-order valence-corrected chi connectivity index (χ2v) is 5.98. The van der Waals surface area contributed by atoms with Crippen molar-refractivity contribution in [1.82, 2.24) is 10.3 Å². The molecule has 0 saturated heterocycles. The molecule has 0 bridgehead atoms. The molecule has 0 aliphatic heterocycles. The lowest BCUT2D eigenvalue weighted by atomic mass is 10.1. The van der Waals surface area contributed by atoms with Crippen LogP contribution in [0.1, 0.15) is 25.0 Å². The van der Waals surface area contributed by atoms with Crippen molar-refractivity contribution in [2.45, 2.75) is 33.4 Å². The van der Waals surface area contributed by atoms with E-state index in [9.17, 15) is 0 Å². The Labute approximate surface area is 128 Å². The number of aryl methyl sites for hydroxylation is 1. The number of ether oxygens (including phenoxy) is 1. The summed E-state index contributed by atoms with van der Waals surface area (Å²) in [7, 11) is 0. The number of nitrogens with one attached hydrogen (secondary N) is 1. The predicted octanol–water partition coefficient (Wildman–Crippen LogP) is 4.44. The number of nitrogens with zero attached hydrogens (tertiary/aromatic N) is 1. The summed E-state index contributed by atoms with van der Waals surface area (Å²) in [5, 5.41) is 3.42. The highest BCUT2D eigenvalue weighted by atomic mass is 79.9. The Morgan fingerprint density at radius 2 is 2.00 bits per heavy atom. The molecule has 0 atom stereocenters. The van der Waals surface area contributed by atoms with E-state index < -0.39 is 0 Å². The molecule has 2 rings (SSSR count). The molecule has 0 radical (unpaired) electrons. The van der Waals surface area contributed by atoms with E-state index in [-0.39, 0.29) is 0 Å². The van der Waals surface area contributed by atoms with Gasteiger partial charge in [0.1, 0.15) is 11.5 Å². The number of hydrogen-bond acceptors (Lipinski definition) is 3. The van der Waals surface area contributed by atoms with Crippen molar-refractivity contribution in [1.29, 1.82) is 0 Å². The quantitative estimate of drug-likeness (QED) is 0.877. The number of halogens is 1. The lowest BCUT2D eigenvalue weighted by molar-refractivity contribution is 0.479. The molecule has 20 heavy (non-hydrogen) atoms. The fourth-order valence-electron chi connectivity index (χ4n) is 1.83. The molecule has 3 nitrogen and oxygen atoms in total. The maximum Gasteiger partial charge on any atom is 0.146 e. The van der Waals surface area contributed by atoms with E-state index in [1.807, 2.05) is 12.1 Å². The van der Waals surface area contributed by atoms with Gasteiger partial charge in [-0.05, 0) is 52.2 Å². The zero-order valence-corrected chi connectivity index (χ0v) is 13.6. The number of hydrogen-bond donors (Lipinski definition) is 1. The van der Waals surface area contributed by atoms with Gasteiger partial charge in [-0.3, -0.25) is 4.98 Å². The molecule has 4 heteroatoms. The summed E-state index contributed by atoms with van der Waals surface area (Å²) in [5.74, 6) is 1.56. The zero-order valence-electron chi connectivity index (χ0n) is 12.0. The second kappa shape index (κ2) is 6.86. The fraction of sp³-hybridized carbons (Fsp3) is 0.312. The van der Waals surface area contributed by atoms with E-state index in [0.29, 0.717) is 6.04 Å². The third kappa shape index (κ3) is 4.32. The first kappa shape index (κ1) is 15.0. The maximum atomic E-state index is 5.81. The Kier molecular flexibility index (Phi) is 5.15. The van der Waals surface area contributed by atoms with Gasteiger partial charge in [0.05, 0.1) is 6.20 Å². The van der Waals surface area contributed by atoms with Crippen LogP contribution in [0.3, 0.4) is 0 Å². The highest BCUT2D eigenvalue weighted by Gasteiger charge is 2.04. The Hall–Kier alpha value is -1.39. The smallest absolute Gasteiger partial charge is 0.146 e. The van der Waals surface area contributed by atoms with E-state index >= 15 is 0 Å². The summed E-state index contributed by atoms with van der Waals surface area (Å²) in [4.78, 5) is 4.09. The standard InChI is InChI=1S/C16H19BrN2O/c1-11(2)19-8-13-4-5-15(6-12(13)3)20-16-7-14(17)9-18-10-16/h4-7,9-11,19H,8H2,1-3H3. The van der Waals surface area contributed by atoms with Crippen molar-refractivity contribution < 1.29 is 4.74 Å². The summed E-state index contributed by atoms with van der Waals surface area (Å²) < 4.78 is 6.71. The molecule has 1 heterocycles. The predicted molar refractivity (Wildman–Crippen MR) is 85.2 cm³/mol. The van der Waals surface area contributed by atoms with Gasteiger partial charge in [-0.2, -0.15) is 0 Å². The van der Waals surface area contributed by atoms with Gasteiger partial charge >= 0.3 is 0 Å². The van der Waals surface area contributed by atoms with Gasteiger partial charge in [0, 0.05) is 23.3 Å². The lowest BCUT2D eigenvalue weighted by Crippen LogP contribution is -2.22. The summed E-state index contributed by atoms with van der Waals surface area (Å²) in [6.45, 7) is 7.27. The molecular weight excluding hydrogens is 316 g/mol. The average Bonchev–Trinajstić information content (AvgIpc) is 2.37. The first-order valence-corrected chi connectivity index (χ1v) is 7.45. The van der Waals surface area contributed by atoms with Gasteiger partial charge < -0.3 is 10.1 Å². The van der Waals surface area contributed by atoms with E-state index in [2.05, 4.69) is 59.1 Å². The van der Waals surface area contributed by atoms with Gasteiger partial charge in [0.15, 0.2) is 0 Å². The summed E-state index contributed by atoms with van der Waals surface area (Å²) in [6.07, 6.45) is 3.44. The van der Waals surface area contributed by atoms with Gasteiger partial charge in [0.25, 0.3) is 0 Å². The molecule has 0 aliphatic rings. The zero-order chi connectivity index (χ0) is 14.5. The first-order valence-electron chi connectivity index (χ1n) is 6.66. The summed E-state index contributed by atoms with van der Waals surface area (Å²) in [5.41, 5.74) is 2.51. The maximum absolute atomic E-state index is 5.81. The SMILES string of the molecule is Cc1cc(Oc2cncc(Br)c2)ccc1CNC(C)C. The van der Waals surface area contributed by atoms with Crippen molar-refractivity contribution in [3.05, 3.63) is 52.3 Å². The average molecular weight is 335 g/mol. The largest absolute Gasteiger partial charge is 0.456 e. The van der Waals surface area contributed by atoms with Crippen molar-refractivity contribution in [2.75, 3.05) is 0 Å². The molecule has 0 aliphatic carbocycles. The van der Waals surface area contributed by atoms with Crippen molar-refractivity contribution in [3.8, 4) is 11.5 Å². The van der Waals surface area contributed by atoms with Gasteiger partial charge in [-0.15, -0.1) is 0 Å². The van der Waals surface area contributed by atoms with E-state index in [4.69, 9.17) is 4.74 Å². The minimum Gasteiger partial charge on any atom is -0.456 e. The van der Waals surface area contributed by atoms with E-state index in [0.717, 1.165) is 22.5 Å². The van der Waals surface area contributed by atoms with Crippen LogP contribution in [-0.4, -0.2) is 11.0 Å². The van der Waals surface area contributed by atoms with Crippen LogP contribution >= 0.6 is 15.9 Å². The van der Waals surface area contributed by atoms with Crippen molar-refractivity contribution in [2.24, 2.45) is 0 Å². The van der Waals surface area contributed by atoms with Crippen molar-refractivity contribution >= 4 is 15.9 Å². The summed E-state index contributed by atoms with van der Waals surface area (Å²) >= 11 is 3.38. The molecule has 1 N–H and O–H groups in total. The Bertz CT molecular complexity index is 584. The number of aromatic nitrogens is 1. The van der Waals surface area contributed by atoms with Crippen LogP contribution in [0.15, 0.2) is 41.1 Å². The minimum atomic E-state index is 0.484. The van der Waals surface area contributed by atoms with Crippen LogP contribution in [0.2, 0.25) is 0 Å². The number of rotatable bonds is 5. The van der Waals surface area contributed by atoms with Crippen LogP contribution < -0.4 is 10.1 Å². The second-order valence-electron chi connectivity index (χ2n) is 5.06. The fourth-order valence-corrected chi connectivity index (χ4v) is 2.17. The minimum absolute atomic E-state index is 0.484. The molecule has 106 valence electrons. The van der Waals surface area contributed by atoms with E-state index in [1.165, 1.54) is 11.1 Å². The normalized spacial score (nSPS) is 10.8. The molecule has 0 fully saturated rings. The molecule has 2 aromatic rings. The monoisotopic (exact) mass is 334 g/mol. The molecular formula is C16H19BrN2O. The van der Waals surface area contributed by atoms with Gasteiger partial charge in [-0.25, -0.2) is 0 Å². The molecule has 1 aromatic carbocycles. The van der Waals surface area contributed by atoms with Crippen LogP contribution in [0.5, 0.6) is 11.5 Å². The molecule has 0 saturated carbocycles. The van der Waals surface area contributed by atoms with E-state index in [1.54, 1.807) is 12.4 Å². The van der Waals surface area contributed by atoms with Gasteiger partial charge in [0.2, 0.25) is 0 Å². The molecule has 0 amide bonds. The Morgan fingerprint density at radius 3 is 2.65 bits per heavy atom. The first-order chi connectivity index (χ1) is 9.54. The van der Waals surface area contributed by atoms with Crippen molar-refractivity contribution in [3.63, 3.8) is 0 Å². The third-order valence-electron chi connectivity index (χ3n) is 2.93. The highest BCUT2D eigenvalue weighted by molar-refractivity contribution is 9.10. The topological polar surface area (TPSA) is 34.1 Å². The van der Waals surface area contributed by atoms with Gasteiger partial charge in [-0.1, -0.05) is 19.9 Å².